The number of phosphoric ester groups is 1. The molecule has 0 radical (unpaired) electrons. The lowest BCUT2D eigenvalue weighted by Gasteiger charge is -2.33. The first-order valence-electron chi connectivity index (χ1n) is 15.7. The van der Waals surface area contributed by atoms with E-state index in [2.05, 4.69) is 20.8 Å². The minimum absolute atomic E-state index is 0.0881. The van der Waals surface area contributed by atoms with E-state index in [9.17, 15) is 14.3 Å². The van der Waals surface area contributed by atoms with E-state index in [1.807, 2.05) is 0 Å². The predicted octanol–water partition coefficient (Wildman–Crippen LogP) is 7.41. The first-order valence-corrected chi connectivity index (χ1v) is 17.2. The number of phosphoric acid groups is 1. The molecule has 2 unspecified atom stereocenters. The van der Waals surface area contributed by atoms with Crippen molar-refractivity contribution < 1.29 is 37.3 Å². The molecule has 0 aromatic heterocycles. The molecule has 1 rings (SSSR count). The summed E-state index contributed by atoms with van der Waals surface area (Å²) in [5.41, 5.74) is 0.965. The van der Waals surface area contributed by atoms with Crippen molar-refractivity contribution in [2.75, 3.05) is 39.5 Å². The van der Waals surface area contributed by atoms with Gasteiger partial charge in [-0.15, -0.1) is 0 Å². The Morgan fingerprint density at radius 2 is 1.44 bits per heavy atom. The summed E-state index contributed by atoms with van der Waals surface area (Å²) < 4.78 is 34.1. The zero-order valence-corrected chi connectivity index (χ0v) is 26.4. The zero-order valence-electron chi connectivity index (χ0n) is 25.5. The Hall–Kier alpha value is -0.920. The number of carbonyl (C=O) groups is 1. The van der Waals surface area contributed by atoms with Gasteiger partial charge in [0.05, 0.1) is 32.8 Å². The van der Waals surface area contributed by atoms with E-state index in [0.29, 0.717) is 6.61 Å². The lowest BCUT2D eigenvalue weighted by molar-refractivity contribution is -0.880. The fraction of sp³-hybridized carbons (Fsp3) is 0.900. The largest absolute Gasteiger partial charge is 0.746 e. The van der Waals surface area contributed by atoms with Crippen LogP contribution in [0.3, 0.4) is 0 Å². The second-order valence-corrected chi connectivity index (χ2v) is 12.3. The van der Waals surface area contributed by atoms with Crippen LogP contribution in [0.25, 0.3) is 0 Å². The van der Waals surface area contributed by atoms with Crippen LogP contribution in [0.15, 0.2) is 12.0 Å². The van der Waals surface area contributed by atoms with Gasteiger partial charge in [0.15, 0.2) is 0 Å². The molecule has 0 aliphatic carbocycles. The Kier molecular flexibility index (Phi) is 20.2. The monoisotopic (exact) mass is 575 g/mol. The number of unbranched alkanes of at least 4 members (excludes halogenated alkanes) is 13. The van der Waals surface area contributed by atoms with Crippen molar-refractivity contribution in [1.29, 1.82) is 0 Å². The average molecular weight is 576 g/mol. The summed E-state index contributed by atoms with van der Waals surface area (Å²) >= 11 is 0. The molecule has 39 heavy (non-hydrogen) atoms. The minimum atomic E-state index is -4.58. The maximum absolute atomic E-state index is 12.3. The van der Waals surface area contributed by atoms with Crippen molar-refractivity contribution in [3.05, 3.63) is 12.0 Å². The Bertz CT molecular complexity index is 711. The molecule has 0 spiro atoms. The molecular formula is C30H58NO7P. The van der Waals surface area contributed by atoms with E-state index < -0.39 is 19.9 Å². The average Bonchev–Trinajstić information content (AvgIpc) is 3.33. The highest BCUT2D eigenvalue weighted by Gasteiger charge is 2.35. The van der Waals surface area contributed by atoms with E-state index in [-0.39, 0.29) is 13.2 Å². The van der Waals surface area contributed by atoms with Crippen LogP contribution in [0.2, 0.25) is 0 Å². The van der Waals surface area contributed by atoms with Gasteiger partial charge >= 0.3 is 13.8 Å². The van der Waals surface area contributed by atoms with Crippen LogP contribution in [-0.4, -0.2) is 56.0 Å². The molecule has 2 atom stereocenters. The highest BCUT2D eigenvalue weighted by atomic mass is 31.2. The number of nitrogens with zero attached hydrogens (tertiary/aromatic N) is 1. The standard InChI is InChI=1S/C30H58NO7P/c1-5-8-9-10-11-12-13-14-15-16-17-18-19-20-24-35-26-30(38-28(4)32)27-37-39(33,34)36-25-29-22-21-23-31(29,6-2)7-3/h25,30H,5-24,26-27H2,1-4H3. The van der Waals surface area contributed by atoms with Gasteiger partial charge in [0.1, 0.15) is 18.1 Å². The third-order valence-corrected chi connectivity index (χ3v) is 8.68. The predicted molar refractivity (Wildman–Crippen MR) is 155 cm³/mol. The number of ether oxygens (including phenoxy) is 2. The van der Waals surface area contributed by atoms with Gasteiger partial charge in [-0.1, -0.05) is 90.4 Å². The fourth-order valence-electron chi connectivity index (χ4n) is 5.35. The number of allylic oxidation sites excluding steroid dienone is 1. The Balaban J connectivity index is 2.17. The Morgan fingerprint density at radius 3 is 1.95 bits per heavy atom. The topological polar surface area (TPSA) is 94.1 Å². The van der Waals surface area contributed by atoms with Crippen molar-refractivity contribution >= 4 is 13.8 Å². The maximum atomic E-state index is 12.3. The van der Waals surface area contributed by atoms with Gasteiger partial charge in [-0.3, -0.25) is 13.8 Å². The SMILES string of the molecule is CCCCCCCCCCCCCCCCOCC(COP(=O)([O-])OC=C1CCC[N+]1(CC)CC)OC(C)=O. The summed E-state index contributed by atoms with van der Waals surface area (Å²) in [6.45, 7) is 10.8. The van der Waals surface area contributed by atoms with Crippen molar-refractivity contribution in [3.8, 4) is 0 Å². The van der Waals surface area contributed by atoms with Gasteiger partial charge in [0.2, 0.25) is 0 Å². The van der Waals surface area contributed by atoms with Gasteiger partial charge in [-0.25, -0.2) is 0 Å². The molecule has 1 heterocycles. The van der Waals surface area contributed by atoms with Gasteiger partial charge in [-0.05, 0) is 20.3 Å². The summed E-state index contributed by atoms with van der Waals surface area (Å²) in [7, 11) is -4.58. The van der Waals surface area contributed by atoms with E-state index >= 15 is 0 Å². The number of carbonyl (C=O) groups excluding carboxylic acids is 1. The van der Waals surface area contributed by atoms with E-state index in [0.717, 1.165) is 55.5 Å². The second-order valence-electron chi connectivity index (χ2n) is 11.0. The van der Waals surface area contributed by atoms with Crippen molar-refractivity contribution in [2.45, 2.75) is 137 Å². The Labute approximate surface area is 239 Å². The Morgan fingerprint density at radius 1 is 0.897 bits per heavy atom. The van der Waals surface area contributed by atoms with Crippen LogP contribution >= 0.6 is 7.82 Å². The molecule has 0 amide bonds. The third-order valence-electron chi connectivity index (χ3n) is 7.85. The van der Waals surface area contributed by atoms with Crippen LogP contribution < -0.4 is 4.89 Å². The zero-order chi connectivity index (χ0) is 28.8. The minimum Gasteiger partial charge on any atom is -0.746 e. The summed E-state index contributed by atoms with van der Waals surface area (Å²) in [4.78, 5) is 23.8. The smallest absolute Gasteiger partial charge is 0.319 e. The number of hydrogen-bond acceptors (Lipinski definition) is 7. The van der Waals surface area contributed by atoms with Crippen LogP contribution in [0.1, 0.15) is 130 Å². The molecular weight excluding hydrogens is 517 g/mol. The molecule has 0 saturated carbocycles. The summed E-state index contributed by atoms with van der Waals surface area (Å²) in [6, 6.07) is 0. The molecule has 0 bridgehead atoms. The highest BCUT2D eigenvalue weighted by Crippen LogP contribution is 2.41. The molecule has 1 aliphatic heterocycles. The van der Waals surface area contributed by atoms with Crippen molar-refractivity contribution in [1.82, 2.24) is 0 Å². The quantitative estimate of drug-likeness (QED) is 0.0368. The van der Waals surface area contributed by atoms with Crippen molar-refractivity contribution in [3.63, 3.8) is 0 Å². The second kappa shape index (κ2) is 21.8. The molecule has 9 heteroatoms. The lowest BCUT2D eigenvalue weighted by Crippen LogP contribution is -2.43. The van der Waals surface area contributed by atoms with Crippen LogP contribution in [-0.2, 0) is 27.9 Å². The fourth-order valence-corrected chi connectivity index (χ4v) is 6.02. The van der Waals surface area contributed by atoms with E-state index in [1.54, 1.807) is 0 Å². The number of quaternary nitrogens is 1. The molecule has 1 fully saturated rings. The molecule has 0 aromatic rings. The number of hydrogen-bond donors (Lipinski definition) is 0. The number of esters is 1. The van der Waals surface area contributed by atoms with E-state index in [4.69, 9.17) is 18.5 Å². The van der Waals surface area contributed by atoms with Gasteiger partial charge in [0, 0.05) is 26.4 Å². The summed E-state index contributed by atoms with van der Waals surface area (Å²) in [5, 5.41) is 0. The van der Waals surface area contributed by atoms with Crippen LogP contribution in [0, 0.1) is 0 Å². The molecule has 0 aromatic carbocycles. The third kappa shape index (κ3) is 16.8. The summed E-state index contributed by atoms with van der Waals surface area (Å²) in [6.07, 6.45) is 20.4. The summed E-state index contributed by atoms with van der Waals surface area (Å²) in [5.74, 6) is -0.508. The molecule has 8 nitrogen and oxygen atoms in total. The lowest BCUT2D eigenvalue weighted by atomic mass is 10.0. The van der Waals surface area contributed by atoms with Crippen LogP contribution in [0.4, 0.5) is 0 Å². The number of rotatable bonds is 25. The molecule has 1 aliphatic rings. The molecule has 0 N–H and O–H groups in total. The highest BCUT2D eigenvalue weighted by molar-refractivity contribution is 7.46. The normalized spacial score (nSPS) is 18.2. The van der Waals surface area contributed by atoms with Gasteiger partial charge < -0.3 is 23.4 Å². The maximum Gasteiger partial charge on any atom is 0.319 e. The number of likely N-dealkylation sites (tertiary alicyclic amines) is 1. The van der Waals surface area contributed by atoms with Gasteiger partial charge in [-0.2, -0.15) is 0 Å². The van der Waals surface area contributed by atoms with Gasteiger partial charge in [0.25, 0.3) is 0 Å². The van der Waals surface area contributed by atoms with Crippen molar-refractivity contribution in [2.24, 2.45) is 0 Å². The van der Waals surface area contributed by atoms with Crippen LogP contribution in [0.5, 0.6) is 0 Å². The first-order chi connectivity index (χ1) is 18.8. The first kappa shape index (κ1) is 36.1. The molecule has 230 valence electrons. The van der Waals surface area contributed by atoms with E-state index in [1.165, 1.54) is 90.2 Å². The molecule has 1 saturated heterocycles.